The average Bonchev–Trinajstić information content (AvgIpc) is 2.42. The number of hydrogen-bond acceptors (Lipinski definition) is 4. The van der Waals surface area contributed by atoms with Crippen LogP contribution < -0.4 is 10.0 Å². The summed E-state index contributed by atoms with van der Waals surface area (Å²) in [7, 11) is -3.66. The van der Waals surface area contributed by atoms with Crippen molar-refractivity contribution in [3.8, 4) is 0 Å². The van der Waals surface area contributed by atoms with Crippen LogP contribution in [-0.2, 0) is 14.8 Å². The SMILES string of the molecule is CC(C)(C)NS(=O)(=O)c1ccc(C(=O)NC2(CC(=O)O)CCC2)cc1. The van der Waals surface area contributed by atoms with Crippen LogP contribution in [-0.4, -0.2) is 36.5 Å². The van der Waals surface area contributed by atoms with E-state index in [1.807, 2.05) is 0 Å². The van der Waals surface area contributed by atoms with Crippen LogP contribution in [0.4, 0.5) is 0 Å². The molecule has 1 saturated carbocycles. The van der Waals surface area contributed by atoms with E-state index in [1.54, 1.807) is 20.8 Å². The minimum atomic E-state index is -3.66. The maximum absolute atomic E-state index is 12.4. The third-order valence-electron chi connectivity index (χ3n) is 4.05. The Morgan fingerprint density at radius 3 is 2.12 bits per heavy atom. The molecule has 0 saturated heterocycles. The Kier molecular flexibility index (Phi) is 5.24. The molecule has 0 spiro atoms. The molecule has 25 heavy (non-hydrogen) atoms. The fourth-order valence-corrected chi connectivity index (χ4v) is 4.22. The van der Waals surface area contributed by atoms with Crippen LogP contribution in [0.15, 0.2) is 29.2 Å². The molecule has 1 aliphatic rings. The Morgan fingerprint density at radius 1 is 1.16 bits per heavy atom. The van der Waals surface area contributed by atoms with E-state index < -0.39 is 33.0 Å². The lowest BCUT2D eigenvalue weighted by Crippen LogP contribution is -2.54. The predicted molar refractivity (Wildman–Crippen MR) is 92.8 cm³/mol. The molecule has 1 amide bonds. The number of amides is 1. The van der Waals surface area contributed by atoms with Gasteiger partial charge < -0.3 is 10.4 Å². The summed E-state index contributed by atoms with van der Waals surface area (Å²) in [4.78, 5) is 23.4. The maximum Gasteiger partial charge on any atom is 0.305 e. The van der Waals surface area contributed by atoms with E-state index >= 15 is 0 Å². The van der Waals surface area contributed by atoms with Gasteiger partial charge in [-0.3, -0.25) is 9.59 Å². The molecule has 1 aromatic rings. The first-order valence-electron chi connectivity index (χ1n) is 8.11. The summed E-state index contributed by atoms with van der Waals surface area (Å²) in [5, 5.41) is 11.8. The number of hydrogen-bond donors (Lipinski definition) is 3. The quantitative estimate of drug-likeness (QED) is 0.710. The van der Waals surface area contributed by atoms with Crippen molar-refractivity contribution in [2.45, 2.75) is 62.4 Å². The smallest absolute Gasteiger partial charge is 0.305 e. The van der Waals surface area contributed by atoms with Crippen LogP contribution in [0.2, 0.25) is 0 Å². The summed E-state index contributed by atoms with van der Waals surface area (Å²) in [5.41, 5.74) is -1.00. The van der Waals surface area contributed by atoms with E-state index in [0.29, 0.717) is 18.4 Å². The van der Waals surface area contributed by atoms with Gasteiger partial charge in [-0.1, -0.05) is 0 Å². The summed E-state index contributed by atoms with van der Waals surface area (Å²) in [6.07, 6.45) is 2.03. The van der Waals surface area contributed by atoms with Gasteiger partial charge in [0.2, 0.25) is 10.0 Å². The Labute approximate surface area is 147 Å². The van der Waals surface area contributed by atoms with Crippen molar-refractivity contribution in [1.82, 2.24) is 10.0 Å². The lowest BCUT2D eigenvalue weighted by molar-refractivity contribution is -0.139. The molecule has 7 nitrogen and oxygen atoms in total. The van der Waals surface area contributed by atoms with Gasteiger partial charge in [0.15, 0.2) is 0 Å². The van der Waals surface area contributed by atoms with Gasteiger partial charge in [0, 0.05) is 11.1 Å². The molecular weight excluding hydrogens is 344 g/mol. The second-order valence-electron chi connectivity index (χ2n) is 7.54. The summed E-state index contributed by atoms with van der Waals surface area (Å²) in [6.45, 7) is 5.23. The van der Waals surface area contributed by atoms with E-state index in [4.69, 9.17) is 5.11 Å². The highest BCUT2D eigenvalue weighted by atomic mass is 32.2. The summed E-state index contributed by atoms with van der Waals surface area (Å²) < 4.78 is 27.1. The minimum absolute atomic E-state index is 0.0721. The molecule has 0 aromatic heterocycles. The number of aliphatic carboxylic acids is 1. The summed E-state index contributed by atoms with van der Waals surface area (Å²) >= 11 is 0. The summed E-state index contributed by atoms with van der Waals surface area (Å²) in [6, 6.07) is 5.60. The number of carbonyl (C=O) groups is 2. The van der Waals surface area contributed by atoms with Crippen molar-refractivity contribution in [2.75, 3.05) is 0 Å². The summed E-state index contributed by atoms with van der Waals surface area (Å²) in [5.74, 6) is -1.34. The van der Waals surface area contributed by atoms with Crippen LogP contribution in [0.3, 0.4) is 0 Å². The van der Waals surface area contributed by atoms with Gasteiger partial charge in [-0.15, -0.1) is 0 Å². The number of rotatable bonds is 6. The highest BCUT2D eigenvalue weighted by Gasteiger charge is 2.40. The molecule has 0 aliphatic heterocycles. The van der Waals surface area contributed by atoms with Crippen LogP contribution in [0.25, 0.3) is 0 Å². The Morgan fingerprint density at radius 2 is 1.72 bits per heavy atom. The Balaban J connectivity index is 2.12. The average molecular weight is 368 g/mol. The van der Waals surface area contributed by atoms with E-state index in [-0.39, 0.29) is 11.3 Å². The second kappa shape index (κ2) is 6.76. The van der Waals surface area contributed by atoms with Crippen molar-refractivity contribution < 1.29 is 23.1 Å². The van der Waals surface area contributed by atoms with Crippen molar-refractivity contribution in [3.63, 3.8) is 0 Å². The van der Waals surface area contributed by atoms with Crippen molar-refractivity contribution in [1.29, 1.82) is 0 Å². The fraction of sp³-hybridized carbons (Fsp3) is 0.529. The molecule has 0 atom stereocenters. The number of sulfonamides is 1. The van der Waals surface area contributed by atoms with Gasteiger partial charge in [0.1, 0.15) is 0 Å². The van der Waals surface area contributed by atoms with Crippen molar-refractivity contribution in [3.05, 3.63) is 29.8 Å². The zero-order valence-electron chi connectivity index (χ0n) is 14.6. The topological polar surface area (TPSA) is 113 Å². The van der Waals surface area contributed by atoms with Crippen LogP contribution in [0.1, 0.15) is 56.8 Å². The highest BCUT2D eigenvalue weighted by molar-refractivity contribution is 7.89. The lowest BCUT2D eigenvalue weighted by Gasteiger charge is -2.41. The molecular formula is C17H24N2O5S. The third-order valence-corrected chi connectivity index (χ3v) is 5.82. The molecule has 1 aromatic carbocycles. The normalized spacial score (nSPS) is 16.8. The molecule has 0 radical (unpaired) electrons. The van der Waals surface area contributed by atoms with Gasteiger partial charge >= 0.3 is 5.97 Å². The van der Waals surface area contributed by atoms with Crippen molar-refractivity contribution >= 4 is 21.9 Å². The molecule has 8 heteroatoms. The minimum Gasteiger partial charge on any atom is -0.481 e. The largest absolute Gasteiger partial charge is 0.481 e. The Hall–Kier alpha value is -1.93. The maximum atomic E-state index is 12.4. The lowest BCUT2D eigenvalue weighted by atomic mass is 9.74. The molecule has 0 bridgehead atoms. The monoisotopic (exact) mass is 368 g/mol. The van der Waals surface area contributed by atoms with Gasteiger partial charge in [0.25, 0.3) is 5.91 Å². The van der Waals surface area contributed by atoms with Crippen LogP contribution in [0.5, 0.6) is 0 Å². The Bertz CT molecular complexity index is 759. The number of carbonyl (C=O) groups excluding carboxylic acids is 1. The van der Waals surface area contributed by atoms with Gasteiger partial charge in [-0.2, -0.15) is 0 Å². The number of carboxylic acids is 1. The van der Waals surface area contributed by atoms with Crippen LogP contribution in [0, 0.1) is 0 Å². The fourth-order valence-electron chi connectivity index (χ4n) is 2.80. The predicted octanol–water partition coefficient (Wildman–Crippen LogP) is 1.89. The standard InChI is InChI=1S/C17H24N2O5S/c1-16(2,3)19-25(23,24)13-7-5-12(6-8-13)15(22)18-17(9-4-10-17)11-14(20)21/h5-8,19H,4,9-11H2,1-3H3,(H,18,22)(H,20,21). The van der Waals surface area contributed by atoms with Gasteiger partial charge in [0.05, 0.1) is 16.9 Å². The second-order valence-corrected chi connectivity index (χ2v) is 9.22. The zero-order valence-corrected chi connectivity index (χ0v) is 15.4. The van der Waals surface area contributed by atoms with E-state index in [0.717, 1.165) is 6.42 Å². The van der Waals surface area contributed by atoms with E-state index in [1.165, 1.54) is 24.3 Å². The first-order valence-corrected chi connectivity index (χ1v) is 9.59. The molecule has 0 unspecified atom stereocenters. The highest BCUT2D eigenvalue weighted by Crippen LogP contribution is 2.35. The molecule has 1 fully saturated rings. The number of benzene rings is 1. The van der Waals surface area contributed by atoms with E-state index in [9.17, 15) is 18.0 Å². The molecule has 2 rings (SSSR count). The number of carboxylic acid groups (broad SMARTS) is 1. The third kappa shape index (κ3) is 5.02. The molecule has 3 N–H and O–H groups in total. The van der Waals surface area contributed by atoms with E-state index in [2.05, 4.69) is 10.0 Å². The zero-order chi connectivity index (χ0) is 18.9. The van der Waals surface area contributed by atoms with Crippen molar-refractivity contribution in [2.24, 2.45) is 0 Å². The molecule has 1 aliphatic carbocycles. The number of nitrogens with one attached hydrogen (secondary N) is 2. The van der Waals surface area contributed by atoms with Crippen LogP contribution >= 0.6 is 0 Å². The molecule has 138 valence electrons. The van der Waals surface area contributed by atoms with Gasteiger partial charge in [-0.25, -0.2) is 13.1 Å². The van der Waals surface area contributed by atoms with Gasteiger partial charge in [-0.05, 0) is 64.3 Å². The first-order chi connectivity index (χ1) is 11.4. The molecule has 0 heterocycles. The first kappa shape index (κ1) is 19.4.